The van der Waals surface area contributed by atoms with E-state index in [9.17, 15) is 14.0 Å². The fraction of sp³-hybridized carbons (Fsp3) is 0.292. The zero-order chi connectivity index (χ0) is 22.7. The van der Waals surface area contributed by atoms with Crippen molar-refractivity contribution >= 4 is 17.4 Å². The molecule has 1 amide bonds. The van der Waals surface area contributed by atoms with Crippen molar-refractivity contribution in [1.82, 2.24) is 9.78 Å². The monoisotopic (exact) mass is 436 g/mol. The molecule has 4 rings (SSSR count). The molecule has 1 aliphatic rings. The van der Waals surface area contributed by atoms with E-state index in [4.69, 9.17) is 4.74 Å². The predicted octanol–water partition coefficient (Wildman–Crippen LogP) is 3.54. The number of hydrogen-bond donors (Lipinski definition) is 1. The van der Waals surface area contributed by atoms with Crippen LogP contribution in [0.25, 0.3) is 5.69 Å². The fourth-order valence-electron chi connectivity index (χ4n) is 3.86. The SMILES string of the molecule is COc1ccc(C)cc1NC(=O)C1CCN(c2ccc(=O)n(-c3ccc(F)cc3)n2)CC1. The number of amides is 1. The van der Waals surface area contributed by atoms with E-state index in [1.807, 2.05) is 25.1 Å². The fourth-order valence-corrected chi connectivity index (χ4v) is 3.86. The molecule has 3 aromatic rings. The minimum Gasteiger partial charge on any atom is -0.495 e. The Balaban J connectivity index is 1.43. The van der Waals surface area contributed by atoms with Crippen LogP contribution in [0.1, 0.15) is 18.4 Å². The van der Waals surface area contributed by atoms with Crippen molar-refractivity contribution in [2.24, 2.45) is 5.92 Å². The van der Waals surface area contributed by atoms with Crippen LogP contribution >= 0.6 is 0 Å². The number of benzene rings is 2. The summed E-state index contributed by atoms with van der Waals surface area (Å²) in [5.74, 6) is 0.751. The molecule has 1 saturated heterocycles. The average molecular weight is 436 g/mol. The smallest absolute Gasteiger partial charge is 0.271 e. The number of piperidine rings is 1. The van der Waals surface area contributed by atoms with Gasteiger partial charge < -0.3 is 15.0 Å². The van der Waals surface area contributed by atoms with Gasteiger partial charge in [0.25, 0.3) is 5.56 Å². The second-order valence-electron chi connectivity index (χ2n) is 7.87. The van der Waals surface area contributed by atoms with E-state index in [-0.39, 0.29) is 23.2 Å². The van der Waals surface area contributed by atoms with Gasteiger partial charge in [0.1, 0.15) is 17.4 Å². The van der Waals surface area contributed by atoms with Gasteiger partial charge in [0, 0.05) is 25.1 Å². The van der Waals surface area contributed by atoms with Gasteiger partial charge in [0.2, 0.25) is 5.91 Å². The molecule has 0 spiro atoms. The Hall–Kier alpha value is -3.68. The van der Waals surface area contributed by atoms with Crippen molar-refractivity contribution in [3.05, 3.63) is 76.3 Å². The molecule has 0 bridgehead atoms. The first-order chi connectivity index (χ1) is 15.4. The molecule has 166 valence electrons. The third-order valence-electron chi connectivity index (χ3n) is 5.66. The molecular formula is C24H25FN4O3. The number of anilines is 2. The van der Waals surface area contributed by atoms with Gasteiger partial charge in [0.15, 0.2) is 0 Å². The first kappa shape index (κ1) is 21.5. The maximum Gasteiger partial charge on any atom is 0.271 e. The summed E-state index contributed by atoms with van der Waals surface area (Å²) in [5, 5.41) is 7.45. The predicted molar refractivity (Wildman–Crippen MR) is 121 cm³/mol. The van der Waals surface area contributed by atoms with Crippen LogP contribution in [0.4, 0.5) is 15.9 Å². The molecule has 0 unspecified atom stereocenters. The molecule has 7 nitrogen and oxygen atoms in total. The molecule has 1 aliphatic heterocycles. The normalized spacial score (nSPS) is 14.3. The minimum absolute atomic E-state index is 0.0298. The van der Waals surface area contributed by atoms with Crippen LogP contribution < -0.4 is 20.5 Å². The summed E-state index contributed by atoms with van der Waals surface area (Å²) in [7, 11) is 1.58. The maximum atomic E-state index is 13.2. The molecule has 32 heavy (non-hydrogen) atoms. The van der Waals surface area contributed by atoms with Crippen LogP contribution in [0, 0.1) is 18.7 Å². The minimum atomic E-state index is -0.374. The lowest BCUT2D eigenvalue weighted by Gasteiger charge is -2.32. The topological polar surface area (TPSA) is 76.5 Å². The van der Waals surface area contributed by atoms with E-state index in [0.29, 0.717) is 48.9 Å². The van der Waals surface area contributed by atoms with Crippen molar-refractivity contribution in [2.45, 2.75) is 19.8 Å². The summed E-state index contributed by atoms with van der Waals surface area (Å²) in [5.41, 5.74) is 1.92. The Morgan fingerprint density at radius 2 is 1.81 bits per heavy atom. The van der Waals surface area contributed by atoms with Crippen molar-refractivity contribution < 1.29 is 13.9 Å². The highest BCUT2D eigenvalue weighted by atomic mass is 19.1. The molecular weight excluding hydrogens is 411 g/mol. The maximum absolute atomic E-state index is 13.2. The highest BCUT2D eigenvalue weighted by molar-refractivity contribution is 5.94. The Labute approximate surface area is 185 Å². The molecule has 1 fully saturated rings. The van der Waals surface area contributed by atoms with Crippen LogP contribution in [0.15, 0.2) is 59.4 Å². The van der Waals surface area contributed by atoms with E-state index in [1.54, 1.807) is 13.2 Å². The molecule has 0 aliphatic carbocycles. The van der Waals surface area contributed by atoms with Gasteiger partial charge in [-0.15, -0.1) is 5.10 Å². The largest absolute Gasteiger partial charge is 0.495 e. The number of nitrogens with zero attached hydrogens (tertiary/aromatic N) is 3. The molecule has 8 heteroatoms. The van der Waals surface area contributed by atoms with Crippen LogP contribution in [0.2, 0.25) is 0 Å². The Morgan fingerprint density at radius 3 is 2.50 bits per heavy atom. The first-order valence-corrected chi connectivity index (χ1v) is 10.5. The number of halogens is 1. The van der Waals surface area contributed by atoms with Crippen LogP contribution in [0.5, 0.6) is 5.75 Å². The third-order valence-corrected chi connectivity index (χ3v) is 5.66. The Bertz CT molecular complexity index is 1170. The van der Waals surface area contributed by atoms with Gasteiger partial charge in [-0.3, -0.25) is 9.59 Å². The van der Waals surface area contributed by atoms with Crippen molar-refractivity contribution in [2.75, 3.05) is 30.4 Å². The summed E-state index contributed by atoms with van der Waals surface area (Å²) in [6.45, 7) is 3.24. The molecule has 1 N–H and O–H groups in total. The van der Waals surface area contributed by atoms with E-state index in [1.165, 1.54) is 35.0 Å². The van der Waals surface area contributed by atoms with Crippen molar-refractivity contribution in [1.29, 1.82) is 0 Å². The lowest BCUT2D eigenvalue weighted by molar-refractivity contribution is -0.120. The van der Waals surface area contributed by atoms with Crippen LogP contribution in [-0.4, -0.2) is 35.9 Å². The average Bonchev–Trinajstić information content (AvgIpc) is 2.80. The second-order valence-corrected chi connectivity index (χ2v) is 7.87. The van der Waals surface area contributed by atoms with E-state index >= 15 is 0 Å². The van der Waals surface area contributed by atoms with Crippen molar-refractivity contribution in [3.8, 4) is 11.4 Å². The van der Waals surface area contributed by atoms with E-state index in [2.05, 4.69) is 15.3 Å². The molecule has 0 atom stereocenters. The molecule has 1 aromatic heterocycles. The summed E-state index contributed by atoms with van der Waals surface area (Å²) in [6.07, 6.45) is 1.33. The van der Waals surface area contributed by atoms with Crippen LogP contribution in [-0.2, 0) is 4.79 Å². The highest BCUT2D eigenvalue weighted by Crippen LogP contribution is 2.28. The van der Waals surface area contributed by atoms with E-state index in [0.717, 1.165) is 5.56 Å². The van der Waals surface area contributed by atoms with Gasteiger partial charge in [0.05, 0.1) is 18.5 Å². The quantitative estimate of drug-likeness (QED) is 0.662. The molecule has 2 aromatic carbocycles. The number of aromatic nitrogens is 2. The number of carbonyl (C=O) groups is 1. The molecule has 2 heterocycles. The number of carbonyl (C=O) groups excluding carboxylic acids is 1. The lowest BCUT2D eigenvalue weighted by atomic mass is 9.95. The number of aryl methyl sites for hydroxylation is 1. The summed E-state index contributed by atoms with van der Waals surface area (Å²) in [6, 6.07) is 14.4. The van der Waals surface area contributed by atoms with Crippen molar-refractivity contribution in [3.63, 3.8) is 0 Å². The number of nitrogens with one attached hydrogen (secondary N) is 1. The summed E-state index contributed by atoms with van der Waals surface area (Å²) >= 11 is 0. The summed E-state index contributed by atoms with van der Waals surface area (Å²) < 4.78 is 19.8. The number of rotatable bonds is 5. The first-order valence-electron chi connectivity index (χ1n) is 10.5. The third kappa shape index (κ3) is 4.64. The van der Waals surface area contributed by atoms with Gasteiger partial charge in [-0.1, -0.05) is 6.07 Å². The highest BCUT2D eigenvalue weighted by Gasteiger charge is 2.26. The molecule has 0 saturated carbocycles. The molecule has 0 radical (unpaired) electrons. The number of methoxy groups -OCH3 is 1. The Morgan fingerprint density at radius 1 is 1.09 bits per heavy atom. The van der Waals surface area contributed by atoms with E-state index < -0.39 is 0 Å². The van der Waals surface area contributed by atoms with Crippen LogP contribution in [0.3, 0.4) is 0 Å². The van der Waals surface area contributed by atoms with Gasteiger partial charge in [-0.05, 0) is 67.8 Å². The number of ether oxygens (including phenoxy) is 1. The zero-order valence-electron chi connectivity index (χ0n) is 18.0. The summed E-state index contributed by atoms with van der Waals surface area (Å²) in [4.78, 5) is 27.1. The van der Waals surface area contributed by atoms with Gasteiger partial charge in [-0.25, -0.2) is 4.39 Å². The second kappa shape index (κ2) is 9.21. The Kier molecular flexibility index (Phi) is 6.20. The lowest BCUT2D eigenvalue weighted by Crippen LogP contribution is -2.39. The number of hydrogen-bond acceptors (Lipinski definition) is 5. The van der Waals surface area contributed by atoms with Gasteiger partial charge in [-0.2, -0.15) is 4.68 Å². The standard InChI is InChI=1S/C24H25FN4O3/c1-16-3-8-21(32-2)20(15-16)26-24(31)17-11-13-28(14-12-17)22-9-10-23(30)29(27-22)19-6-4-18(25)5-7-19/h3-10,15,17H,11-14H2,1-2H3,(H,26,31). The van der Waals surface area contributed by atoms with Gasteiger partial charge >= 0.3 is 0 Å². The zero-order valence-corrected chi connectivity index (χ0v) is 18.0.